The molecular formula is C15H14F3NO4S2. The Balaban J connectivity index is 2.42. The number of benzene rings is 1. The lowest BCUT2D eigenvalue weighted by Gasteiger charge is -2.15. The number of hydrogen-bond donors (Lipinski definition) is 2. The number of alkyl halides is 3. The molecule has 0 aliphatic heterocycles. The van der Waals surface area contributed by atoms with Crippen molar-refractivity contribution in [1.29, 1.82) is 0 Å². The summed E-state index contributed by atoms with van der Waals surface area (Å²) in [5.41, 5.74) is -2.95. The van der Waals surface area contributed by atoms with Crippen LogP contribution < -0.4 is 5.32 Å². The zero-order chi connectivity index (χ0) is 19.0. The fourth-order valence-corrected chi connectivity index (χ4v) is 4.65. The van der Waals surface area contributed by atoms with Crippen LogP contribution >= 0.6 is 11.3 Å². The Morgan fingerprint density at radius 2 is 1.72 bits per heavy atom. The molecule has 0 aliphatic rings. The third kappa shape index (κ3) is 4.20. The van der Waals surface area contributed by atoms with Crippen LogP contribution in [-0.4, -0.2) is 25.0 Å². The van der Waals surface area contributed by atoms with Gasteiger partial charge in [-0.1, -0.05) is 12.1 Å². The number of sulfone groups is 1. The van der Waals surface area contributed by atoms with Gasteiger partial charge in [0.05, 0.1) is 15.5 Å². The Morgan fingerprint density at radius 3 is 2.28 bits per heavy atom. The van der Waals surface area contributed by atoms with Crippen LogP contribution in [0.4, 0.5) is 18.2 Å². The third-order valence-electron chi connectivity index (χ3n) is 3.12. The van der Waals surface area contributed by atoms with Gasteiger partial charge >= 0.3 is 6.18 Å². The predicted molar refractivity (Wildman–Crippen MR) is 86.1 cm³/mol. The van der Waals surface area contributed by atoms with Crippen molar-refractivity contribution in [3.63, 3.8) is 0 Å². The molecule has 0 aliphatic carbocycles. The van der Waals surface area contributed by atoms with Gasteiger partial charge in [-0.05, 0) is 38.1 Å². The van der Waals surface area contributed by atoms with E-state index in [2.05, 4.69) is 5.32 Å². The van der Waals surface area contributed by atoms with E-state index >= 15 is 0 Å². The molecular weight excluding hydrogens is 379 g/mol. The Morgan fingerprint density at radius 1 is 1.12 bits per heavy atom. The zero-order valence-electron chi connectivity index (χ0n) is 13.1. The quantitative estimate of drug-likeness (QED) is 0.835. The van der Waals surface area contributed by atoms with Gasteiger partial charge in [-0.15, -0.1) is 11.3 Å². The summed E-state index contributed by atoms with van der Waals surface area (Å²) in [7, 11) is -4.42. The highest BCUT2D eigenvalue weighted by Gasteiger charge is 2.37. The summed E-state index contributed by atoms with van der Waals surface area (Å²) >= 11 is 0.600. The molecule has 0 bridgehead atoms. The van der Waals surface area contributed by atoms with Crippen molar-refractivity contribution in [3.8, 4) is 0 Å². The number of nitrogens with one attached hydrogen (secondary N) is 1. The van der Waals surface area contributed by atoms with Gasteiger partial charge in [0.25, 0.3) is 5.91 Å². The van der Waals surface area contributed by atoms with Crippen molar-refractivity contribution in [3.05, 3.63) is 42.0 Å². The maximum atomic E-state index is 13.1. The maximum Gasteiger partial charge on any atom is 0.417 e. The summed E-state index contributed by atoms with van der Waals surface area (Å²) < 4.78 is 63.9. The Labute approximate surface area is 146 Å². The van der Waals surface area contributed by atoms with Crippen LogP contribution in [-0.2, 0) is 20.8 Å². The molecule has 0 radical (unpaired) electrons. The van der Waals surface area contributed by atoms with Crippen molar-refractivity contribution in [1.82, 2.24) is 0 Å². The molecule has 1 aromatic carbocycles. The molecule has 10 heteroatoms. The van der Waals surface area contributed by atoms with Crippen molar-refractivity contribution >= 4 is 32.1 Å². The normalized spacial score (nSPS) is 12.9. The van der Waals surface area contributed by atoms with Crippen LogP contribution in [0, 0.1) is 0 Å². The summed E-state index contributed by atoms with van der Waals surface area (Å²) in [5, 5.41) is 12.0. The van der Waals surface area contributed by atoms with Crippen molar-refractivity contribution < 1.29 is 31.5 Å². The van der Waals surface area contributed by atoms with Gasteiger partial charge in [-0.25, -0.2) is 8.42 Å². The molecule has 2 N–H and O–H groups in total. The lowest BCUT2D eigenvalue weighted by molar-refractivity contribution is -0.139. The second-order valence-corrected chi connectivity index (χ2v) is 8.86. The topological polar surface area (TPSA) is 83.5 Å². The Kier molecular flexibility index (Phi) is 4.99. The number of carbonyl (C=O) groups is 1. The zero-order valence-corrected chi connectivity index (χ0v) is 14.7. The van der Waals surface area contributed by atoms with Crippen molar-refractivity contribution in [2.24, 2.45) is 0 Å². The number of amides is 1. The summed E-state index contributed by atoms with van der Waals surface area (Å²) in [6, 6.07) is 6.23. The van der Waals surface area contributed by atoms with Gasteiger partial charge < -0.3 is 10.4 Å². The van der Waals surface area contributed by atoms with Crippen LogP contribution in [0.2, 0.25) is 0 Å². The van der Waals surface area contributed by atoms with E-state index in [1.54, 1.807) is 0 Å². The molecule has 0 spiro atoms. The number of anilines is 1. The van der Waals surface area contributed by atoms with E-state index in [-0.39, 0.29) is 9.21 Å². The highest BCUT2D eigenvalue weighted by Crippen LogP contribution is 2.38. The second-order valence-electron chi connectivity index (χ2n) is 5.63. The van der Waals surface area contributed by atoms with Crippen LogP contribution in [0.15, 0.2) is 45.5 Å². The van der Waals surface area contributed by atoms with E-state index < -0.39 is 38.0 Å². The summed E-state index contributed by atoms with van der Waals surface area (Å²) in [5.74, 6) is -0.769. The Hall–Kier alpha value is -1.91. The highest BCUT2D eigenvalue weighted by molar-refractivity contribution is 7.93. The van der Waals surface area contributed by atoms with Crippen molar-refractivity contribution in [2.75, 3.05) is 5.32 Å². The minimum absolute atomic E-state index is 0.0928. The van der Waals surface area contributed by atoms with E-state index in [9.17, 15) is 31.5 Å². The largest absolute Gasteiger partial charge is 0.417 e. The minimum atomic E-state index is -4.82. The molecule has 0 saturated heterocycles. The third-order valence-corrected chi connectivity index (χ3v) is 6.42. The SMILES string of the molecule is CC(C)(O)C(=O)Nc1ccc(S(=O)(=O)c2ccccc2C(F)(F)F)s1. The van der Waals surface area contributed by atoms with E-state index in [1.165, 1.54) is 26.0 Å². The first-order chi connectivity index (χ1) is 11.3. The van der Waals surface area contributed by atoms with Crippen molar-refractivity contribution in [2.45, 2.75) is 34.7 Å². The van der Waals surface area contributed by atoms with Gasteiger partial charge in [-0.3, -0.25) is 4.79 Å². The summed E-state index contributed by atoms with van der Waals surface area (Å²) in [4.78, 5) is 10.8. The molecule has 2 rings (SSSR count). The van der Waals surface area contributed by atoms with Crippen LogP contribution in [0.3, 0.4) is 0 Å². The molecule has 1 aromatic heterocycles. The van der Waals surface area contributed by atoms with Crippen LogP contribution in [0.5, 0.6) is 0 Å². The number of halogens is 3. The highest BCUT2D eigenvalue weighted by atomic mass is 32.2. The number of hydrogen-bond acceptors (Lipinski definition) is 5. The molecule has 0 saturated carbocycles. The maximum absolute atomic E-state index is 13.1. The van der Waals surface area contributed by atoms with Gasteiger partial charge in [0.1, 0.15) is 9.81 Å². The average molecular weight is 393 g/mol. The predicted octanol–water partition coefficient (Wildman–Crippen LogP) is 3.31. The van der Waals surface area contributed by atoms with E-state index in [0.29, 0.717) is 17.4 Å². The standard InChI is InChI=1S/C15H14F3NO4S2/c1-14(2,21)13(20)19-11-7-8-12(24-11)25(22,23)10-6-4-3-5-9(10)15(16,17)18/h3-8,21H,1-2H3,(H,19,20). The molecule has 136 valence electrons. The monoisotopic (exact) mass is 393 g/mol. The second kappa shape index (κ2) is 6.43. The summed E-state index contributed by atoms with van der Waals surface area (Å²) in [6.45, 7) is 2.49. The number of thiophene rings is 1. The molecule has 1 amide bonds. The average Bonchev–Trinajstić information content (AvgIpc) is 2.94. The fourth-order valence-electron chi connectivity index (χ4n) is 1.84. The molecule has 0 unspecified atom stereocenters. The molecule has 1 heterocycles. The molecule has 5 nitrogen and oxygen atoms in total. The van der Waals surface area contributed by atoms with Gasteiger partial charge in [0.15, 0.2) is 0 Å². The molecule has 25 heavy (non-hydrogen) atoms. The molecule has 0 atom stereocenters. The first-order valence-corrected chi connectivity index (χ1v) is 9.18. The van der Waals surface area contributed by atoms with Crippen LogP contribution in [0.1, 0.15) is 19.4 Å². The van der Waals surface area contributed by atoms with E-state index in [1.807, 2.05) is 0 Å². The lowest BCUT2D eigenvalue weighted by atomic mass is 10.1. The Bertz CT molecular complexity index is 896. The molecule has 0 fully saturated rings. The van der Waals surface area contributed by atoms with Gasteiger partial charge in [-0.2, -0.15) is 13.2 Å². The van der Waals surface area contributed by atoms with Gasteiger partial charge in [0, 0.05) is 0 Å². The number of aliphatic hydroxyl groups is 1. The molecule has 2 aromatic rings. The fraction of sp³-hybridized carbons (Fsp3) is 0.267. The minimum Gasteiger partial charge on any atom is -0.381 e. The van der Waals surface area contributed by atoms with E-state index in [0.717, 1.165) is 18.2 Å². The van der Waals surface area contributed by atoms with E-state index in [4.69, 9.17) is 0 Å². The first kappa shape index (κ1) is 19.4. The number of carbonyl (C=O) groups excluding carboxylic acids is 1. The van der Waals surface area contributed by atoms with Crippen LogP contribution in [0.25, 0.3) is 0 Å². The van der Waals surface area contributed by atoms with Gasteiger partial charge in [0.2, 0.25) is 9.84 Å². The summed E-state index contributed by atoms with van der Waals surface area (Å²) in [6.07, 6.45) is -4.82. The first-order valence-electron chi connectivity index (χ1n) is 6.88. The smallest absolute Gasteiger partial charge is 0.381 e. The number of rotatable bonds is 4. The lowest BCUT2D eigenvalue weighted by Crippen LogP contribution is -2.36.